The smallest absolute Gasteiger partial charge is 0.250 e. The fraction of sp³-hybridized carbons (Fsp3) is 0.333. The molecule has 1 aliphatic rings. The number of aliphatic hydroxyl groups excluding tert-OH is 1. The first kappa shape index (κ1) is 18.5. The van der Waals surface area contributed by atoms with Gasteiger partial charge in [0.1, 0.15) is 17.6 Å². The monoisotopic (exact) mass is 347 g/mol. The molecule has 2 amide bonds. The molecule has 0 radical (unpaired) electrons. The number of rotatable bonds is 5. The van der Waals surface area contributed by atoms with E-state index in [-0.39, 0.29) is 24.0 Å². The summed E-state index contributed by atoms with van der Waals surface area (Å²) in [6.45, 7) is 3.54. The highest BCUT2D eigenvalue weighted by Gasteiger charge is 2.27. The number of dihydropyridines is 1. The van der Waals surface area contributed by atoms with Crippen LogP contribution in [0.1, 0.15) is 25.8 Å². The van der Waals surface area contributed by atoms with Crippen LogP contribution in [0, 0.1) is 5.82 Å². The molecule has 1 atom stereocenters. The molecule has 1 aliphatic heterocycles. The Hall–Kier alpha value is -2.83. The third-order valence-corrected chi connectivity index (χ3v) is 4.00. The van der Waals surface area contributed by atoms with Crippen LogP contribution in [0.25, 0.3) is 0 Å². The molecular formula is C18H22FN3O3. The zero-order valence-corrected chi connectivity index (χ0v) is 14.4. The number of hydrogen-bond acceptors (Lipinski definition) is 4. The summed E-state index contributed by atoms with van der Waals surface area (Å²) in [5, 5.41) is 17.2. The Morgan fingerprint density at radius 1 is 1.36 bits per heavy atom. The van der Waals surface area contributed by atoms with Gasteiger partial charge in [0.15, 0.2) is 0 Å². The van der Waals surface area contributed by atoms with Gasteiger partial charge in [-0.3, -0.25) is 9.59 Å². The van der Waals surface area contributed by atoms with Crippen molar-refractivity contribution in [2.24, 2.45) is 0 Å². The Bertz CT molecular complexity index is 741. The van der Waals surface area contributed by atoms with E-state index in [1.807, 2.05) is 0 Å². The predicted molar refractivity (Wildman–Crippen MR) is 93.5 cm³/mol. The van der Waals surface area contributed by atoms with Gasteiger partial charge in [-0.15, -0.1) is 0 Å². The summed E-state index contributed by atoms with van der Waals surface area (Å²) in [6.07, 6.45) is 4.38. The first-order chi connectivity index (χ1) is 11.7. The molecular weight excluding hydrogens is 325 g/mol. The number of hydrogen-bond donors (Lipinski definition) is 4. The van der Waals surface area contributed by atoms with Gasteiger partial charge in [0.05, 0.1) is 0 Å². The molecule has 4 N–H and O–H groups in total. The van der Waals surface area contributed by atoms with Crippen molar-refractivity contribution < 1.29 is 19.1 Å². The van der Waals surface area contributed by atoms with Crippen LogP contribution in [0.2, 0.25) is 0 Å². The molecule has 1 unspecified atom stereocenters. The van der Waals surface area contributed by atoms with Gasteiger partial charge < -0.3 is 21.1 Å². The van der Waals surface area contributed by atoms with E-state index in [0.29, 0.717) is 11.3 Å². The molecule has 1 aromatic carbocycles. The predicted octanol–water partition coefficient (Wildman–Crippen LogP) is 2.11. The van der Waals surface area contributed by atoms with Crippen molar-refractivity contribution >= 4 is 17.5 Å². The minimum absolute atomic E-state index is 0.0315. The second kappa shape index (κ2) is 7.38. The van der Waals surface area contributed by atoms with Crippen LogP contribution in [-0.2, 0) is 15.0 Å². The second-order valence-electron chi connectivity index (χ2n) is 6.49. The summed E-state index contributed by atoms with van der Waals surface area (Å²) in [6, 6.07) is 3.64. The molecule has 0 saturated heterocycles. The van der Waals surface area contributed by atoms with Crippen LogP contribution in [0.4, 0.5) is 10.1 Å². The standard InChI is InChI=1S/C18H22FN3O3/c1-18(2,9-16(24)20-3)13-8-11(4-6-14(13)19)22-17(25)15-7-5-12(23)10-21-15/h4-8,10,15,21,23H,9H2,1-3H3,(H,20,24)(H,22,25). The Morgan fingerprint density at radius 2 is 2.08 bits per heavy atom. The second-order valence-corrected chi connectivity index (χ2v) is 6.49. The maximum atomic E-state index is 14.3. The van der Waals surface area contributed by atoms with Crippen molar-refractivity contribution in [2.45, 2.75) is 31.7 Å². The number of benzene rings is 1. The Morgan fingerprint density at radius 3 is 2.68 bits per heavy atom. The number of carbonyl (C=O) groups is 2. The molecule has 0 spiro atoms. The maximum absolute atomic E-state index is 14.3. The van der Waals surface area contributed by atoms with Gasteiger partial charge in [-0.2, -0.15) is 0 Å². The molecule has 1 heterocycles. The van der Waals surface area contributed by atoms with E-state index < -0.39 is 17.3 Å². The Labute approximate surface area is 145 Å². The molecule has 0 bridgehead atoms. The average molecular weight is 347 g/mol. The van der Waals surface area contributed by atoms with Crippen LogP contribution in [0.5, 0.6) is 0 Å². The SMILES string of the molecule is CNC(=O)CC(C)(C)c1cc(NC(=O)C2C=CC(O)=CN2)ccc1F. The molecule has 1 aromatic rings. The Balaban J connectivity index is 2.17. The lowest BCUT2D eigenvalue weighted by atomic mass is 9.80. The number of amides is 2. The highest BCUT2D eigenvalue weighted by atomic mass is 19.1. The molecule has 0 aromatic heterocycles. The van der Waals surface area contributed by atoms with Crippen LogP contribution in [-0.4, -0.2) is 30.0 Å². The molecule has 25 heavy (non-hydrogen) atoms. The Kier molecular flexibility index (Phi) is 5.46. The zero-order valence-electron chi connectivity index (χ0n) is 14.4. The van der Waals surface area contributed by atoms with Crippen LogP contribution >= 0.6 is 0 Å². The fourth-order valence-corrected chi connectivity index (χ4v) is 2.56. The minimum Gasteiger partial charge on any atom is -0.506 e. The quantitative estimate of drug-likeness (QED) is 0.657. The van der Waals surface area contributed by atoms with Gasteiger partial charge in [0, 0.05) is 30.8 Å². The summed E-state index contributed by atoms with van der Waals surface area (Å²) in [5.74, 6) is -0.942. The molecule has 0 aliphatic carbocycles. The lowest BCUT2D eigenvalue weighted by Crippen LogP contribution is -2.37. The number of anilines is 1. The molecule has 0 fully saturated rings. The molecule has 134 valence electrons. The van der Waals surface area contributed by atoms with E-state index in [1.54, 1.807) is 13.8 Å². The van der Waals surface area contributed by atoms with Crippen molar-refractivity contribution in [1.29, 1.82) is 0 Å². The van der Waals surface area contributed by atoms with Gasteiger partial charge in [-0.25, -0.2) is 4.39 Å². The van der Waals surface area contributed by atoms with Crippen LogP contribution in [0.15, 0.2) is 42.3 Å². The fourth-order valence-electron chi connectivity index (χ4n) is 2.56. The number of halogens is 1. The number of allylic oxidation sites excluding steroid dienone is 1. The van der Waals surface area contributed by atoms with Crippen LogP contribution < -0.4 is 16.0 Å². The summed E-state index contributed by atoms with van der Waals surface area (Å²) in [7, 11) is 1.53. The topological polar surface area (TPSA) is 90.5 Å². The minimum atomic E-state index is -0.734. The summed E-state index contributed by atoms with van der Waals surface area (Å²) < 4.78 is 14.3. The molecule has 6 nitrogen and oxygen atoms in total. The number of aliphatic hydroxyl groups is 1. The summed E-state index contributed by atoms with van der Waals surface area (Å²) >= 11 is 0. The van der Waals surface area contributed by atoms with Gasteiger partial charge in [0.2, 0.25) is 5.91 Å². The first-order valence-electron chi connectivity index (χ1n) is 7.88. The molecule has 2 rings (SSSR count). The largest absolute Gasteiger partial charge is 0.506 e. The number of nitrogens with one attached hydrogen (secondary N) is 3. The molecule has 0 saturated carbocycles. The van der Waals surface area contributed by atoms with E-state index in [9.17, 15) is 19.1 Å². The van der Waals surface area contributed by atoms with Gasteiger partial charge in [-0.1, -0.05) is 13.8 Å². The highest BCUT2D eigenvalue weighted by molar-refractivity contribution is 5.96. The van der Waals surface area contributed by atoms with E-state index >= 15 is 0 Å². The molecule has 7 heteroatoms. The van der Waals surface area contributed by atoms with E-state index in [4.69, 9.17) is 0 Å². The van der Waals surface area contributed by atoms with E-state index in [0.717, 1.165) is 0 Å². The van der Waals surface area contributed by atoms with Crippen LogP contribution in [0.3, 0.4) is 0 Å². The maximum Gasteiger partial charge on any atom is 0.250 e. The van der Waals surface area contributed by atoms with Gasteiger partial charge in [0.25, 0.3) is 5.91 Å². The van der Waals surface area contributed by atoms with Crippen molar-refractivity contribution in [3.63, 3.8) is 0 Å². The highest BCUT2D eigenvalue weighted by Crippen LogP contribution is 2.31. The van der Waals surface area contributed by atoms with E-state index in [1.165, 1.54) is 43.6 Å². The van der Waals surface area contributed by atoms with Crippen molar-refractivity contribution in [1.82, 2.24) is 10.6 Å². The lowest BCUT2D eigenvalue weighted by Gasteiger charge is -2.25. The summed E-state index contributed by atoms with van der Waals surface area (Å²) in [4.78, 5) is 23.9. The van der Waals surface area contributed by atoms with Gasteiger partial charge in [-0.05, 0) is 35.9 Å². The van der Waals surface area contributed by atoms with Crippen molar-refractivity contribution in [3.8, 4) is 0 Å². The van der Waals surface area contributed by atoms with Crippen molar-refractivity contribution in [3.05, 3.63) is 53.7 Å². The third kappa shape index (κ3) is 4.59. The first-order valence-corrected chi connectivity index (χ1v) is 7.88. The average Bonchev–Trinajstić information content (AvgIpc) is 2.56. The summed E-state index contributed by atoms with van der Waals surface area (Å²) in [5.41, 5.74) is 0.0431. The lowest BCUT2D eigenvalue weighted by molar-refractivity contribution is -0.121. The van der Waals surface area contributed by atoms with Crippen molar-refractivity contribution in [2.75, 3.05) is 12.4 Å². The third-order valence-electron chi connectivity index (χ3n) is 4.00. The van der Waals surface area contributed by atoms with E-state index in [2.05, 4.69) is 16.0 Å². The zero-order chi connectivity index (χ0) is 18.6. The van der Waals surface area contributed by atoms with Gasteiger partial charge >= 0.3 is 0 Å². The normalized spacial score (nSPS) is 16.6. The number of carbonyl (C=O) groups excluding carboxylic acids is 2.